The highest BCUT2D eigenvalue weighted by molar-refractivity contribution is 14.1. The molecule has 7 heteroatoms. The van der Waals surface area contributed by atoms with Crippen molar-refractivity contribution in [2.75, 3.05) is 0 Å². The molecule has 2 aromatic carbocycles. The van der Waals surface area contributed by atoms with E-state index in [-0.39, 0.29) is 0 Å². The second kappa shape index (κ2) is 9.37. The van der Waals surface area contributed by atoms with Crippen molar-refractivity contribution in [1.29, 1.82) is 0 Å². The maximum Gasteiger partial charge on any atom is 0.491 e. The van der Waals surface area contributed by atoms with Crippen LogP contribution in [0, 0.1) is 3.57 Å². The minimum Gasteiger partial charge on any atom is -0.400 e. The zero-order valence-corrected chi connectivity index (χ0v) is 21.6. The largest absolute Gasteiger partial charge is 0.491 e. The first-order valence-corrected chi connectivity index (χ1v) is 13.1. The molecule has 2 aromatic rings. The van der Waals surface area contributed by atoms with E-state index in [9.17, 15) is 8.42 Å². The third kappa shape index (κ3) is 5.26. The highest BCUT2D eigenvalue weighted by Gasteiger charge is 2.54. The summed E-state index contributed by atoms with van der Waals surface area (Å²) < 4.78 is 40.6. The Morgan fingerprint density at radius 1 is 1.00 bits per heavy atom. The Bertz CT molecular complexity index is 1020. The molecule has 1 aliphatic rings. The van der Waals surface area contributed by atoms with Gasteiger partial charge in [0, 0.05) is 3.57 Å². The molecule has 1 unspecified atom stereocenters. The number of sulfone groups is 1. The molecule has 31 heavy (non-hydrogen) atoms. The first-order valence-electron chi connectivity index (χ1n) is 10.5. The molecular formula is C24H30BIO4S. The quantitative estimate of drug-likeness (QED) is 0.314. The SMILES string of the molecule is C=C(B1OC(C)(C)C(C)(C)O1)C(CCCc1ccccc1I)S(=O)(=O)c1ccccc1. The normalized spacial score (nSPS) is 18.7. The maximum absolute atomic E-state index is 13.6. The Morgan fingerprint density at radius 3 is 2.13 bits per heavy atom. The predicted molar refractivity (Wildman–Crippen MR) is 135 cm³/mol. The molecular weight excluding hydrogens is 522 g/mol. The Hall–Kier alpha value is -1.16. The molecule has 0 bridgehead atoms. The summed E-state index contributed by atoms with van der Waals surface area (Å²) >= 11 is 2.32. The number of rotatable bonds is 8. The van der Waals surface area contributed by atoms with Gasteiger partial charge < -0.3 is 9.31 Å². The average Bonchev–Trinajstić information content (AvgIpc) is 2.94. The van der Waals surface area contributed by atoms with E-state index >= 15 is 0 Å². The third-order valence-electron chi connectivity index (χ3n) is 6.29. The van der Waals surface area contributed by atoms with Gasteiger partial charge >= 0.3 is 7.12 Å². The zero-order chi connectivity index (χ0) is 22.9. The standard InChI is InChI=1S/C24H30BIO4S/c1-18(25-29-23(2,3)24(4,5)30-25)22(31(27,28)20-14-7-6-8-15-20)17-11-13-19-12-9-10-16-21(19)26/h6-10,12,14-16,22H,1,11,13,17H2,2-5H3. The predicted octanol–water partition coefficient (Wildman–Crippen LogP) is 5.64. The summed E-state index contributed by atoms with van der Waals surface area (Å²) in [5.74, 6) is 0. The van der Waals surface area contributed by atoms with Gasteiger partial charge in [-0.05, 0) is 98.8 Å². The molecule has 1 saturated heterocycles. The second-order valence-corrected chi connectivity index (χ2v) is 12.3. The van der Waals surface area contributed by atoms with Crippen molar-refractivity contribution >= 4 is 39.5 Å². The number of hydrogen-bond donors (Lipinski definition) is 0. The first-order chi connectivity index (χ1) is 14.5. The minimum atomic E-state index is -3.64. The Kier molecular flexibility index (Phi) is 7.40. The van der Waals surface area contributed by atoms with E-state index in [0.717, 1.165) is 12.8 Å². The summed E-state index contributed by atoms with van der Waals surface area (Å²) in [6.45, 7) is 12.0. The molecule has 1 aliphatic heterocycles. The number of benzene rings is 2. The lowest BCUT2D eigenvalue weighted by Crippen LogP contribution is -2.41. The van der Waals surface area contributed by atoms with Gasteiger partial charge in [-0.3, -0.25) is 0 Å². The van der Waals surface area contributed by atoms with Crippen molar-refractivity contribution in [3.05, 3.63) is 75.8 Å². The number of aryl methyl sites for hydroxylation is 1. The van der Waals surface area contributed by atoms with E-state index in [1.54, 1.807) is 24.3 Å². The molecule has 166 valence electrons. The Labute approximate surface area is 200 Å². The van der Waals surface area contributed by atoms with Gasteiger partial charge in [0.25, 0.3) is 0 Å². The summed E-state index contributed by atoms with van der Waals surface area (Å²) in [4.78, 5) is 0.298. The van der Waals surface area contributed by atoms with E-state index in [1.165, 1.54) is 9.13 Å². The lowest BCUT2D eigenvalue weighted by Gasteiger charge is -2.32. The van der Waals surface area contributed by atoms with Gasteiger partial charge in [0.05, 0.1) is 21.3 Å². The third-order valence-corrected chi connectivity index (χ3v) is 9.56. The van der Waals surface area contributed by atoms with Crippen LogP contribution in [0.3, 0.4) is 0 Å². The number of hydrogen-bond acceptors (Lipinski definition) is 4. The van der Waals surface area contributed by atoms with Gasteiger partial charge in [-0.2, -0.15) is 0 Å². The molecule has 0 N–H and O–H groups in total. The fourth-order valence-corrected chi connectivity index (χ4v) is 6.15. The van der Waals surface area contributed by atoms with Gasteiger partial charge in [-0.15, -0.1) is 6.58 Å². The van der Waals surface area contributed by atoms with E-state index in [2.05, 4.69) is 41.3 Å². The van der Waals surface area contributed by atoms with Crippen molar-refractivity contribution in [2.45, 2.75) is 68.3 Å². The van der Waals surface area contributed by atoms with Gasteiger partial charge in [-0.25, -0.2) is 8.42 Å². The Balaban J connectivity index is 1.86. The minimum absolute atomic E-state index is 0.298. The van der Waals surface area contributed by atoms with Gasteiger partial charge in [0.2, 0.25) is 0 Å². The van der Waals surface area contributed by atoms with Crippen molar-refractivity contribution in [1.82, 2.24) is 0 Å². The summed E-state index contributed by atoms with van der Waals surface area (Å²) in [5.41, 5.74) is 0.578. The molecule has 1 heterocycles. The van der Waals surface area contributed by atoms with E-state index < -0.39 is 33.4 Å². The van der Waals surface area contributed by atoms with Crippen LogP contribution in [-0.4, -0.2) is 32.0 Å². The van der Waals surface area contributed by atoms with Crippen molar-refractivity contribution in [3.8, 4) is 0 Å². The van der Waals surface area contributed by atoms with Gasteiger partial charge in [0.1, 0.15) is 0 Å². The van der Waals surface area contributed by atoms with Crippen LogP contribution < -0.4 is 0 Å². The average molecular weight is 552 g/mol. The molecule has 0 aliphatic carbocycles. The van der Waals surface area contributed by atoms with E-state index in [1.807, 2.05) is 45.9 Å². The summed E-state index contributed by atoms with van der Waals surface area (Å²) in [6, 6.07) is 16.8. The smallest absolute Gasteiger partial charge is 0.400 e. The lowest BCUT2D eigenvalue weighted by molar-refractivity contribution is 0.00578. The van der Waals surface area contributed by atoms with Crippen LogP contribution in [0.15, 0.2) is 71.5 Å². The van der Waals surface area contributed by atoms with Crippen LogP contribution >= 0.6 is 22.6 Å². The first kappa shape index (κ1) is 24.5. The molecule has 0 amide bonds. The highest BCUT2D eigenvalue weighted by atomic mass is 127. The molecule has 0 saturated carbocycles. The summed E-state index contributed by atoms with van der Waals surface area (Å²) in [6.07, 6.45) is 1.97. The van der Waals surface area contributed by atoms with E-state index in [0.29, 0.717) is 16.8 Å². The maximum atomic E-state index is 13.6. The zero-order valence-electron chi connectivity index (χ0n) is 18.6. The van der Waals surface area contributed by atoms with E-state index in [4.69, 9.17) is 9.31 Å². The molecule has 3 rings (SSSR count). The fraction of sp³-hybridized carbons (Fsp3) is 0.417. The summed E-state index contributed by atoms with van der Waals surface area (Å²) in [5, 5.41) is -0.786. The summed E-state index contributed by atoms with van der Waals surface area (Å²) in [7, 11) is -4.40. The van der Waals surface area contributed by atoms with Crippen molar-refractivity contribution in [3.63, 3.8) is 0 Å². The fourth-order valence-electron chi connectivity index (χ4n) is 3.64. The van der Waals surface area contributed by atoms with Crippen molar-refractivity contribution < 1.29 is 17.7 Å². The van der Waals surface area contributed by atoms with Crippen LogP contribution in [0.1, 0.15) is 46.1 Å². The molecule has 1 fully saturated rings. The number of halogens is 1. The topological polar surface area (TPSA) is 52.6 Å². The molecule has 4 nitrogen and oxygen atoms in total. The van der Waals surface area contributed by atoms with Crippen LogP contribution in [-0.2, 0) is 25.6 Å². The second-order valence-electron chi connectivity index (χ2n) is 8.99. The van der Waals surface area contributed by atoms with Crippen LogP contribution in [0.2, 0.25) is 0 Å². The molecule has 0 radical (unpaired) electrons. The molecule has 0 aromatic heterocycles. The van der Waals surface area contributed by atoms with Crippen LogP contribution in [0.25, 0.3) is 0 Å². The van der Waals surface area contributed by atoms with Crippen LogP contribution in [0.4, 0.5) is 0 Å². The van der Waals surface area contributed by atoms with Crippen LogP contribution in [0.5, 0.6) is 0 Å². The molecule has 0 spiro atoms. The Morgan fingerprint density at radius 2 is 1.55 bits per heavy atom. The lowest BCUT2D eigenvalue weighted by atomic mass is 9.76. The highest BCUT2D eigenvalue weighted by Crippen LogP contribution is 2.40. The van der Waals surface area contributed by atoms with Gasteiger partial charge in [-0.1, -0.05) is 36.4 Å². The monoisotopic (exact) mass is 552 g/mol. The van der Waals surface area contributed by atoms with Gasteiger partial charge in [0.15, 0.2) is 9.84 Å². The molecule has 1 atom stereocenters. The van der Waals surface area contributed by atoms with Crippen molar-refractivity contribution in [2.24, 2.45) is 0 Å².